The van der Waals surface area contributed by atoms with Gasteiger partial charge < -0.3 is 5.32 Å². The summed E-state index contributed by atoms with van der Waals surface area (Å²) in [6, 6.07) is 0.486. The fraction of sp³-hybridized carbons (Fsp3) is 0.444. The summed E-state index contributed by atoms with van der Waals surface area (Å²) in [6.07, 6.45) is 3.94. The highest BCUT2D eigenvalue weighted by molar-refractivity contribution is 7.17. The van der Waals surface area contributed by atoms with E-state index in [-0.39, 0.29) is 0 Å². The van der Waals surface area contributed by atoms with Crippen LogP contribution in [-0.2, 0) is 0 Å². The van der Waals surface area contributed by atoms with E-state index in [1.807, 2.05) is 12.2 Å². The largest absolute Gasteiger partial charge is 0.311 e. The lowest BCUT2D eigenvalue weighted by molar-refractivity contribution is 0.633. The standard InChI is InChI=1S/C9H12Cl2N2S/c1-6(2)12-5-3-4-7-8(10)13-9(11)14-7/h3-4,6,12H,5H2,1-2H3. The van der Waals surface area contributed by atoms with E-state index in [1.54, 1.807) is 0 Å². The Morgan fingerprint density at radius 2 is 2.21 bits per heavy atom. The van der Waals surface area contributed by atoms with Crippen LogP contribution >= 0.6 is 34.5 Å². The first-order valence-electron chi connectivity index (χ1n) is 4.31. The Balaban J connectivity index is 2.47. The van der Waals surface area contributed by atoms with Crippen molar-refractivity contribution in [2.75, 3.05) is 6.54 Å². The molecule has 0 aromatic carbocycles. The molecule has 1 heterocycles. The lowest BCUT2D eigenvalue weighted by atomic mass is 10.4. The maximum Gasteiger partial charge on any atom is 0.185 e. The van der Waals surface area contributed by atoms with Gasteiger partial charge in [-0.25, -0.2) is 4.98 Å². The van der Waals surface area contributed by atoms with E-state index in [1.165, 1.54) is 11.3 Å². The van der Waals surface area contributed by atoms with Crippen LogP contribution in [-0.4, -0.2) is 17.6 Å². The first kappa shape index (κ1) is 12.0. The van der Waals surface area contributed by atoms with Crippen LogP contribution < -0.4 is 5.32 Å². The van der Waals surface area contributed by atoms with Gasteiger partial charge >= 0.3 is 0 Å². The molecule has 0 unspecified atom stereocenters. The van der Waals surface area contributed by atoms with Gasteiger partial charge in [0.2, 0.25) is 0 Å². The summed E-state index contributed by atoms with van der Waals surface area (Å²) in [5, 5.41) is 3.74. The normalized spacial score (nSPS) is 11.8. The van der Waals surface area contributed by atoms with Crippen molar-refractivity contribution in [3.8, 4) is 0 Å². The number of halogens is 2. The Morgan fingerprint density at radius 3 is 2.71 bits per heavy atom. The van der Waals surface area contributed by atoms with Crippen molar-refractivity contribution in [1.82, 2.24) is 10.3 Å². The maximum absolute atomic E-state index is 5.83. The van der Waals surface area contributed by atoms with Gasteiger partial charge in [-0.15, -0.1) is 11.3 Å². The van der Waals surface area contributed by atoms with Gasteiger partial charge in [0.15, 0.2) is 4.47 Å². The number of thiazole rings is 1. The first-order valence-corrected chi connectivity index (χ1v) is 5.88. The molecule has 0 aliphatic rings. The molecule has 14 heavy (non-hydrogen) atoms. The van der Waals surface area contributed by atoms with Crippen LogP contribution in [0.15, 0.2) is 6.08 Å². The van der Waals surface area contributed by atoms with E-state index in [0.717, 1.165) is 11.4 Å². The number of aromatic nitrogens is 1. The van der Waals surface area contributed by atoms with Crippen molar-refractivity contribution in [3.63, 3.8) is 0 Å². The lowest BCUT2D eigenvalue weighted by Gasteiger charge is -2.02. The van der Waals surface area contributed by atoms with Crippen molar-refractivity contribution in [1.29, 1.82) is 0 Å². The van der Waals surface area contributed by atoms with Gasteiger partial charge in [0.05, 0.1) is 4.88 Å². The zero-order valence-corrected chi connectivity index (χ0v) is 10.4. The SMILES string of the molecule is CC(C)NCC=Cc1sc(Cl)nc1Cl. The summed E-state index contributed by atoms with van der Waals surface area (Å²) in [7, 11) is 0. The quantitative estimate of drug-likeness (QED) is 0.886. The smallest absolute Gasteiger partial charge is 0.185 e. The number of nitrogens with zero attached hydrogens (tertiary/aromatic N) is 1. The van der Waals surface area contributed by atoms with Crippen LogP contribution in [0.25, 0.3) is 6.08 Å². The first-order chi connectivity index (χ1) is 6.59. The average Bonchev–Trinajstić information content (AvgIpc) is 2.39. The molecule has 0 fully saturated rings. The summed E-state index contributed by atoms with van der Waals surface area (Å²) in [5.74, 6) is 0. The molecule has 0 bridgehead atoms. The highest BCUT2D eigenvalue weighted by Crippen LogP contribution is 2.27. The Hall–Kier alpha value is -0.0900. The highest BCUT2D eigenvalue weighted by Gasteiger charge is 2.03. The van der Waals surface area contributed by atoms with Crippen LogP contribution in [0.3, 0.4) is 0 Å². The highest BCUT2D eigenvalue weighted by atomic mass is 35.5. The van der Waals surface area contributed by atoms with Crippen LogP contribution in [0.5, 0.6) is 0 Å². The van der Waals surface area contributed by atoms with Gasteiger partial charge in [0.25, 0.3) is 0 Å². The minimum absolute atomic E-state index is 0.473. The van der Waals surface area contributed by atoms with Crippen LogP contribution in [0.4, 0.5) is 0 Å². The number of hydrogen-bond donors (Lipinski definition) is 1. The van der Waals surface area contributed by atoms with Crippen molar-refractivity contribution in [2.24, 2.45) is 0 Å². The second kappa shape index (κ2) is 5.71. The molecule has 0 amide bonds. The summed E-state index contributed by atoms with van der Waals surface area (Å²) >= 11 is 12.9. The predicted molar refractivity (Wildman–Crippen MR) is 64.3 cm³/mol. The van der Waals surface area contributed by atoms with E-state index in [0.29, 0.717) is 15.7 Å². The third kappa shape index (κ3) is 3.96. The van der Waals surface area contributed by atoms with Gasteiger partial charge in [0, 0.05) is 12.6 Å². The molecule has 0 atom stereocenters. The number of nitrogens with one attached hydrogen (secondary N) is 1. The van der Waals surface area contributed by atoms with E-state index in [9.17, 15) is 0 Å². The number of rotatable bonds is 4. The van der Waals surface area contributed by atoms with Crippen molar-refractivity contribution in [2.45, 2.75) is 19.9 Å². The van der Waals surface area contributed by atoms with Crippen molar-refractivity contribution >= 4 is 40.6 Å². The molecule has 0 saturated carbocycles. The molecular formula is C9H12Cl2N2S. The monoisotopic (exact) mass is 250 g/mol. The molecule has 0 spiro atoms. The molecule has 1 aromatic heterocycles. The Kier molecular flexibility index (Phi) is 4.89. The minimum atomic E-state index is 0.473. The molecule has 0 aliphatic heterocycles. The predicted octanol–water partition coefficient (Wildman–Crippen LogP) is 3.46. The fourth-order valence-corrected chi connectivity index (χ4v) is 2.16. The van der Waals surface area contributed by atoms with Crippen molar-refractivity contribution in [3.05, 3.63) is 20.6 Å². The molecule has 1 aromatic rings. The summed E-state index contributed by atoms with van der Waals surface area (Å²) in [4.78, 5) is 4.81. The Labute approximate surface area is 97.9 Å². The second-order valence-electron chi connectivity index (χ2n) is 3.09. The van der Waals surface area contributed by atoms with Crippen LogP contribution in [0.1, 0.15) is 18.7 Å². The zero-order chi connectivity index (χ0) is 10.6. The molecule has 0 saturated heterocycles. The van der Waals surface area contributed by atoms with Gasteiger partial charge in [-0.1, -0.05) is 43.1 Å². The van der Waals surface area contributed by atoms with E-state index in [4.69, 9.17) is 23.2 Å². The zero-order valence-electron chi connectivity index (χ0n) is 8.05. The van der Waals surface area contributed by atoms with Crippen molar-refractivity contribution < 1.29 is 0 Å². The van der Waals surface area contributed by atoms with Crippen LogP contribution in [0.2, 0.25) is 9.62 Å². The van der Waals surface area contributed by atoms with Gasteiger partial charge in [-0.3, -0.25) is 0 Å². The van der Waals surface area contributed by atoms with Gasteiger partial charge in [0.1, 0.15) is 5.15 Å². The molecule has 0 radical (unpaired) electrons. The molecular weight excluding hydrogens is 239 g/mol. The Morgan fingerprint density at radius 1 is 1.50 bits per heavy atom. The summed E-state index contributed by atoms with van der Waals surface area (Å²) < 4.78 is 0.478. The van der Waals surface area contributed by atoms with Crippen LogP contribution in [0, 0.1) is 0 Å². The third-order valence-electron chi connectivity index (χ3n) is 1.50. The van der Waals surface area contributed by atoms with E-state index >= 15 is 0 Å². The molecule has 78 valence electrons. The van der Waals surface area contributed by atoms with Gasteiger partial charge in [-0.05, 0) is 6.08 Å². The summed E-state index contributed by atoms with van der Waals surface area (Å²) in [6.45, 7) is 5.03. The molecule has 1 rings (SSSR count). The molecule has 1 N–H and O–H groups in total. The maximum atomic E-state index is 5.83. The topological polar surface area (TPSA) is 24.9 Å². The van der Waals surface area contributed by atoms with E-state index in [2.05, 4.69) is 24.1 Å². The average molecular weight is 251 g/mol. The lowest BCUT2D eigenvalue weighted by Crippen LogP contribution is -2.22. The molecule has 0 aliphatic carbocycles. The third-order valence-corrected chi connectivity index (χ3v) is 3.02. The van der Waals surface area contributed by atoms with E-state index < -0.39 is 0 Å². The second-order valence-corrected chi connectivity index (χ2v) is 5.06. The minimum Gasteiger partial charge on any atom is -0.311 e. The molecule has 2 nitrogen and oxygen atoms in total. The Bertz CT molecular complexity index is 321. The van der Waals surface area contributed by atoms with Gasteiger partial charge in [-0.2, -0.15) is 0 Å². The summed E-state index contributed by atoms with van der Waals surface area (Å²) in [5.41, 5.74) is 0. The molecule has 5 heteroatoms. The number of hydrogen-bond acceptors (Lipinski definition) is 3. The fourth-order valence-electron chi connectivity index (χ4n) is 0.860.